The summed E-state index contributed by atoms with van der Waals surface area (Å²) in [7, 11) is -3.70. The predicted molar refractivity (Wildman–Crippen MR) is 119 cm³/mol. The molecule has 0 spiro atoms. The van der Waals surface area contributed by atoms with E-state index in [1.54, 1.807) is 30.3 Å². The van der Waals surface area contributed by atoms with Gasteiger partial charge in [-0.15, -0.1) is 0 Å². The predicted octanol–water partition coefficient (Wildman–Crippen LogP) is 4.87. The Labute approximate surface area is 182 Å². The van der Waals surface area contributed by atoms with Gasteiger partial charge in [-0.2, -0.15) is 4.31 Å². The van der Waals surface area contributed by atoms with Gasteiger partial charge < -0.3 is 4.74 Å². The van der Waals surface area contributed by atoms with Crippen molar-refractivity contribution in [2.45, 2.75) is 44.2 Å². The van der Waals surface area contributed by atoms with Gasteiger partial charge in [-0.25, -0.2) is 13.4 Å². The minimum atomic E-state index is -3.70. The largest absolute Gasteiger partial charge is 0.377 e. The molecule has 0 bridgehead atoms. The Bertz CT molecular complexity index is 1160. The van der Waals surface area contributed by atoms with E-state index in [2.05, 4.69) is 11.1 Å². The lowest BCUT2D eigenvalue weighted by atomic mass is 10.1. The highest BCUT2D eigenvalue weighted by molar-refractivity contribution is 7.89. The highest BCUT2D eigenvalue weighted by atomic mass is 35.5. The fourth-order valence-electron chi connectivity index (χ4n) is 3.77. The van der Waals surface area contributed by atoms with Crippen LogP contribution in [0, 0.1) is 13.8 Å². The monoisotopic (exact) mass is 444 g/mol. The van der Waals surface area contributed by atoms with E-state index in [9.17, 15) is 8.42 Å². The third-order valence-corrected chi connectivity index (χ3v) is 7.77. The second-order valence-corrected chi connectivity index (χ2v) is 10.1. The van der Waals surface area contributed by atoms with E-state index in [-0.39, 0.29) is 17.5 Å². The Hall–Kier alpha value is -1.99. The summed E-state index contributed by atoms with van der Waals surface area (Å²) < 4.78 is 34.0. The van der Waals surface area contributed by atoms with Crippen LogP contribution >= 0.6 is 11.6 Å². The van der Waals surface area contributed by atoms with Gasteiger partial charge in [-0.1, -0.05) is 29.8 Å². The number of ether oxygens (including phenoxy) is 1. The molecule has 2 aromatic carbocycles. The van der Waals surface area contributed by atoms with Crippen molar-refractivity contribution in [2.75, 3.05) is 13.2 Å². The normalized spacial score (nSPS) is 17.1. The maximum atomic E-state index is 13.4. The molecule has 0 saturated carbocycles. The van der Waals surface area contributed by atoms with Gasteiger partial charge in [0.15, 0.2) is 0 Å². The third-order valence-electron chi connectivity index (χ3n) is 5.62. The first-order valence-corrected chi connectivity index (χ1v) is 11.9. The summed E-state index contributed by atoms with van der Waals surface area (Å²) in [5, 5.41) is 1.28. The number of rotatable bonds is 6. The molecule has 2 heterocycles. The van der Waals surface area contributed by atoms with Gasteiger partial charge in [0.25, 0.3) is 0 Å². The van der Waals surface area contributed by atoms with Crippen LogP contribution in [0.1, 0.15) is 29.5 Å². The molecule has 1 aromatic heterocycles. The van der Waals surface area contributed by atoms with E-state index in [0.29, 0.717) is 23.9 Å². The third kappa shape index (κ3) is 4.37. The van der Waals surface area contributed by atoms with E-state index in [0.717, 1.165) is 34.9 Å². The first-order valence-electron chi connectivity index (χ1n) is 10.1. The smallest absolute Gasteiger partial charge is 0.243 e. The van der Waals surface area contributed by atoms with Crippen LogP contribution in [-0.2, 0) is 21.3 Å². The van der Waals surface area contributed by atoms with E-state index in [1.807, 2.05) is 26.0 Å². The van der Waals surface area contributed by atoms with Crippen molar-refractivity contribution >= 4 is 32.5 Å². The zero-order valence-corrected chi connectivity index (χ0v) is 18.7. The van der Waals surface area contributed by atoms with Crippen LogP contribution in [-0.4, -0.2) is 37.0 Å². The van der Waals surface area contributed by atoms with Gasteiger partial charge in [-0.3, -0.25) is 0 Å². The highest BCUT2D eigenvalue weighted by Crippen LogP contribution is 2.27. The molecule has 1 aliphatic rings. The Morgan fingerprint density at radius 2 is 1.87 bits per heavy atom. The molecule has 4 rings (SSSR count). The molecule has 30 heavy (non-hydrogen) atoms. The molecular weight excluding hydrogens is 420 g/mol. The number of fused-ring (bicyclic) bond motifs is 1. The standard InChI is InChI=1S/C23H25ClN2O3S/c1-16-11-18-13-19(23(24)25-22(18)12-17(16)2)14-26(15-20-7-6-10-29-20)30(27,28)21-8-4-3-5-9-21/h3-5,8-9,11-13,20H,6-7,10,14-15H2,1-2H3. The van der Waals surface area contributed by atoms with Gasteiger partial charge in [-0.05, 0) is 68.1 Å². The van der Waals surface area contributed by atoms with Crippen LogP contribution in [0.15, 0.2) is 53.4 Å². The van der Waals surface area contributed by atoms with Gasteiger partial charge in [0.1, 0.15) is 5.15 Å². The number of pyridine rings is 1. The summed E-state index contributed by atoms with van der Waals surface area (Å²) >= 11 is 6.49. The molecule has 1 aliphatic heterocycles. The SMILES string of the molecule is Cc1cc2cc(CN(CC3CCCO3)S(=O)(=O)c3ccccc3)c(Cl)nc2cc1C. The van der Waals surface area contributed by atoms with Crippen molar-refractivity contribution in [3.05, 3.63) is 70.4 Å². The molecule has 0 radical (unpaired) electrons. The van der Waals surface area contributed by atoms with Crippen molar-refractivity contribution in [3.63, 3.8) is 0 Å². The topological polar surface area (TPSA) is 59.5 Å². The van der Waals surface area contributed by atoms with E-state index < -0.39 is 10.0 Å². The highest BCUT2D eigenvalue weighted by Gasteiger charge is 2.30. The van der Waals surface area contributed by atoms with E-state index >= 15 is 0 Å². The second-order valence-electron chi connectivity index (χ2n) is 7.81. The number of hydrogen-bond donors (Lipinski definition) is 0. The molecular formula is C23H25ClN2O3S. The Kier molecular flexibility index (Phi) is 6.11. The van der Waals surface area contributed by atoms with Crippen molar-refractivity contribution < 1.29 is 13.2 Å². The molecule has 1 unspecified atom stereocenters. The molecule has 1 fully saturated rings. The number of aromatic nitrogens is 1. The number of benzene rings is 2. The molecule has 0 amide bonds. The minimum Gasteiger partial charge on any atom is -0.377 e. The molecule has 1 saturated heterocycles. The average molecular weight is 445 g/mol. The molecule has 0 N–H and O–H groups in total. The molecule has 1 atom stereocenters. The van der Waals surface area contributed by atoms with Crippen LogP contribution in [0.3, 0.4) is 0 Å². The number of halogens is 1. The first-order chi connectivity index (χ1) is 14.3. The molecule has 0 aliphatic carbocycles. The van der Waals surface area contributed by atoms with Crippen LogP contribution in [0.5, 0.6) is 0 Å². The number of aryl methyl sites for hydroxylation is 2. The summed E-state index contributed by atoms with van der Waals surface area (Å²) in [5.74, 6) is 0. The number of sulfonamides is 1. The zero-order valence-electron chi connectivity index (χ0n) is 17.1. The quantitative estimate of drug-likeness (QED) is 0.508. The lowest BCUT2D eigenvalue weighted by molar-refractivity contribution is 0.0926. The Balaban J connectivity index is 1.72. The van der Waals surface area contributed by atoms with Crippen LogP contribution in [0.25, 0.3) is 10.9 Å². The maximum absolute atomic E-state index is 13.4. The van der Waals surface area contributed by atoms with E-state index in [4.69, 9.17) is 16.3 Å². The van der Waals surface area contributed by atoms with Gasteiger partial charge in [0.05, 0.1) is 16.5 Å². The van der Waals surface area contributed by atoms with Crippen LogP contribution in [0.4, 0.5) is 0 Å². The first kappa shape index (κ1) is 21.2. The maximum Gasteiger partial charge on any atom is 0.243 e. The van der Waals surface area contributed by atoms with Gasteiger partial charge in [0.2, 0.25) is 10.0 Å². The minimum absolute atomic E-state index is 0.111. The van der Waals surface area contributed by atoms with Crippen molar-refractivity contribution in [2.24, 2.45) is 0 Å². The number of hydrogen-bond acceptors (Lipinski definition) is 4. The van der Waals surface area contributed by atoms with Gasteiger partial charge >= 0.3 is 0 Å². The Morgan fingerprint density at radius 3 is 2.57 bits per heavy atom. The fourth-order valence-corrected chi connectivity index (χ4v) is 5.44. The van der Waals surface area contributed by atoms with Crippen molar-refractivity contribution in [1.82, 2.24) is 9.29 Å². The summed E-state index contributed by atoms with van der Waals surface area (Å²) in [6.45, 7) is 5.19. The molecule has 158 valence electrons. The lowest BCUT2D eigenvalue weighted by Gasteiger charge is -2.25. The lowest BCUT2D eigenvalue weighted by Crippen LogP contribution is -2.37. The summed E-state index contributed by atoms with van der Waals surface area (Å²) in [5.41, 5.74) is 3.80. The van der Waals surface area contributed by atoms with Crippen LogP contribution in [0.2, 0.25) is 5.15 Å². The fraction of sp³-hybridized carbons (Fsp3) is 0.348. The van der Waals surface area contributed by atoms with Crippen molar-refractivity contribution in [1.29, 1.82) is 0 Å². The second kappa shape index (κ2) is 8.63. The molecule has 5 nitrogen and oxygen atoms in total. The van der Waals surface area contributed by atoms with Gasteiger partial charge in [0, 0.05) is 30.6 Å². The van der Waals surface area contributed by atoms with Crippen molar-refractivity contribution in [3.8, 4) is 0 Å². The molecule has 3 aromatic rings. The number of nitrogens with zero attached hydrogens (tertiary/aromatic N) is 2. The summed E-state index contributed by atoms with van der Waals surface area (Å²) in [4.78, 5) is 4.79. The average Bonchev–Trinajstić information content (AvgIpc) is 3.23. The molecule has 7 heteroatoms. The van der Waals surface area contributed by atoms with Crippen LogP contribution < -0.4 is 0 Å². The summed E-state index contributed by atoms with van der Waals surface area (Å²) in [6, 6.07) is 14.5. The van der Waals surface area contributed by atoms with E-state index in [1.165, 1.54) is 4.31 Å². The Morgan fingerprint density at radius 1 is 1.13 bits per heavy atom. The summed E-state index contributed by atoms with van der Waals surface area (Å²) in [6.07, 6.45) is 1.68. The zero-order chi connectivity index (χ0) is 21.3.